The fraction of sp³-hybridized carbons (Fsp3) is 0.500. The Kier molecular flexibility index (Phi) is 2.91. The summed E-state index contributed by atoms with van der Waals surface area (Å²) in [6, 6.07) is 13.5. The second kappa shape index (κ2) is 4.65. The number of fused-ring (bicyclic) bond motifs is 5. The fourth-order valence-electron chi connectivity index (χ4n) is 6.20. The summed E-state index contributed by atoms with van der Waals surface area (Å²) < 4.78 is 6.11. The van der Waals surface area contributed by atoms with Gasteiger partial charge in [0.1, 0.15) is 11.2 Å². The molecule has 2 aliphatic rings. The second-order valence-electron chi connectivity index (χ2n) is 9.60. The Balaban J connectivity index is 1.77. The van der Waals surface area contributed by atoms with E-state index in [9.17, 15) is 0 Å². The third-order valence-corrected chi connectivity index (χ3v) is 8.70. The number of para-hydroxylation sites is 1. The van der Waals surface area contributed by atoms with Crippen LogP contribution in [-0.2, 0) is 0 Å². The zero-order valence-corrected chi connectivity index (χ0v) is 16.8. The number of piperidine rings is 1. The van der Waals surface area contributed by atoms with Crippen LogP contribution in [0.1, 0.15) is 53.0 Å². The highest BCUT2D eigenvalue weighted by atomic mass is 16.3. The van der Waals surface area contributed by atoms with Crippen LogP contribution in [0.15, 0.2) is 40.8 Å². The van der Waals surface area contributed by atoms with Crippen LogP contribution < -0.4 is 4.90 Å². The van der Waals surface area contributed by atoms with Crippen molar-refractivity contribution in [1.29, 1.82) is 0 Å². The molecule has 3 atom stereocenters. The molecular formula is C24H29NO. The molecule has 26 heavy (non-hydrogen) atoms. The lowest BCUT2D eigenvalue weighted by Crippen LogP contribution is -2.50. The van der Waals surface area contributed by atoms with Gasteiger partial charge < -0.3 is 9.32 Å². The molecule has 3 aromatic rings. The number of benzene rings is 2. The van der Waals surface area contributed by atoms with Crippen LogP contribution in [0.25, 0.3) is 21.9 Å². The highest BCUT2D eigenvalue weighted by molar-refractivity contribution is 6.06. The van der Waals surface area contributed by atoms with E-state index in [4.69, 9.17) is 4.42 Å². The predicted molar refractivity (Wildman–Crippen MR) is 110 cm³/mol. The van der Waals surface area contributed by atoms with E-state index >= 15 is 0 Å². The molecule has 0 N–H and O–H groups in total. The molecule has 1 saturated heterocycles. The molecule has 3 unspecified atom stereocenters. The van der Waals surface area contributed by atoms with Crippen LogP contribution in [0.4, 0.5) is 5.69 Å². The smallest absolute Gasteiger partial charge is 0.135 e. The summed E-state index contributed by atoms with van der Waals surface area (Å²) in [5.74, 6) is 0. The lowest BCUT2D eigenvalue weighted by atomic mass is 9.65. The Bertz CT molecular complexity index is 1040. The summed E-state index contributed by atoms with van der Waals surface area (Å²) in [5, 5.41) is 2.46. The Hall–Kier alpha value is -1.96. The summed E-state index contributed by atoms with van der Waals surface area (Å²) in [5.41, 5.74) is 5.51. The van der Waals surface area contributed by atoms with Gasteiger partial charge in [0.2, 0.25) is 0 Å². The van der Waals surface area contributed by atoms with Crippen LogP contribution >= 0.6 is 0 Å². The normalized spacial score (nSPS) is 32.8. The summed E-state index contributed by atoms with van der Waals surface area (Å²) in [6.45, 7) is 14.6. The molecule has 2 heterocycles. The van der Waals surface area contributed by atoms with Gasteiger partial charge in [0.25, 0.3) is 0 Å². The first-order valence-corrected chi connectivity index (χ1v) is 9.92. The van der Waals surface area contributed by atoms with Crippen molar-refractivity contribution in [2.75, 3.05) is 4.90 Å². The predicted octanol–water partition coefficient (Wildman–Crippen LogP) is 6.69. The van der Waals surface area contributed by atoms with E-state index in [1.165, 1.54) is 34.9 Å². The number of nitrogens with zero attached hydrogens (tertiary/aromatic N) is 1. The number of rotatable bonds is 1. The SMILES string of the molecule is Cc1cc2oc3ccccc3c2cc1N1C(C)C2(C)CCC1(C)C2(C)C. The fourth-order valence-corrected chi connectivity index (χ4v) is 6.20. The lowest BCUT2D eigenvalue weighted by molar-refractivity contribution is 0.132. The highest BCUT2D eigenvalue weighted by Gasteiger charge is 2.70. The van der Waals surface area contributed by atoms with Crippen molar-refractivity contribution < 1.29 is 4.42 Å². The van der Waals surface area contributed by atoms with Gasteiger partial charge in [-0.05, 0) is 68.2 Å². The third kappa shape index (κ3) is 1.60. The molecule has 0 spiro atoms. The van der Waals surface area contributed by atoms with Crippen molar-refractivity contribution in [3.8, 4) is 0 Å². The zero-order valence-electron chi connectivity index (χ0n) is 16.8. The monoisotopic (exact) mass is 347 g/mol. The van der Waals surface area contributed by atoms with Crippen molar-refractivity contribution in [1.82, 2.24) is 0 Å². The third-order valence-electron chi connectivity index (χ3n) is 8.70. The standard InChI is InChI=1S/C24H29NO/c1-15-13-21-18(17-9-7-8-10-20(17)26-21)14-19(15)25-16(2)23(5)11-12-24(25,6)22(23,3)4/h7-10,13-14,16H,11-12H2,1-6H3. The van der Waals surface area contributed by atoms with Crippen LogP contribution in [0, 0.1) is 17.8 Å². The molecule has 2 aromatic carbocycles. The molecule has 2 nitrogen and oxygen atoms in total. The van der Waals surface area contributed by atoms with E-state index < -0.39 is 0 Å². The van der Waals surface area contributed by atoms with Gasteiger partial charge in [-0.2, -0.15) is 0 Å². The summed E-state index contributed by atoms with van der Waals surface area (Å²) in [6.07, 6.45) is 2.59. The van der Waals surface area contributed by atoms with Gasteiger partial charge in [0.05, 0.1) is 0 Å². The van der Waals surface area contributed by atoms with Crippen molar-refractivity contribution in [3.63, 3.8) is 0 Å². The molecule has 1 aromatic heterocycles. The minimum atomic E-state index is 0.194. The molecule has 2 bridgehead atoms. The Morgan fingerprint density at radius 1 is 0.962 bits per heavy atom. The van der Waals surface area contributed by atoms with E-state index in [2.05, 4.69) is 76.8 Å². The first-order chi connectivity index (χ1) is 12.2. The summed E-state index contributed by atoms with van der Waals surface area (Å²) in [7, 11) is 0. The van der Waals surface area contributed by atoms with Crippen molar-refractivity contribution in [2.24, 2.45) is 10.8 Å². The molecule has 136 valence electrons. The summed E-state index contributed by atoms with van der Waals surface area (Å²) >= 11 is 0. The number of anilines is 1. The first kappa shape index (κ1) is 16.2. The maximum atomic E-state index is 6.11. The van der Waals surface area contributed by atoms with Gasteiger partial charge in [0.15, 0.2) is 0 Å². The van der Waals surface area contributed by atoms with Crippen LogP contribution in [-0.4, -0.2) is 11.6 Å². The molecule has 1 aliphatic carbocycles. The van der Waals surface area contributed by atoms with E-state index in [1.54, 1.807) is 0 Å². The number of hydrogen-bond donors (Lipinski definition) is 0. The molecule has 2 heteroatoms. The average Bonchev–Trinajstić information content (AvgIpc) is 3.07. The molecule has 1 saturated carbocycles. The number of furan rings is 1. The molecule has 1 aliphatic heterocycles. The molecule has 5 rings (SSSR count). The average molecular weight is 348 g/mol. The maximum absolute atomic E-state index is 6.11. The molecule has 2 fully saturated rings. The second-order valence-corrected chi connectivity index (χ2v) is 9.60. The topological polar surface area (TPSA) is 16.4 Å². The van der Waals surface area contributed by atoms with Gasteiger partial charge in [-0.1, -0.05) is 39.0 Å². The van der Waals surface area contributed by atoms with Gasteiger partial charge in [-0.15, -0.1) is 0 Å². The minimum Gasteiger partial charge on any atom is -0.456 e. The largest absolute Gasteiger partial charge is 0.456 e. The quantitative estimate of drug-likeness (QED) is 0.487. The Morgan fingerprint density at radius 2 is 1.69 bits per heavy atom. The van der Waals surface area contributed by atoms with Crippen molar-refractivity contribution in [2.45, 2.75) is 66.0 Å². The van der Waals surface area contributed by atoms with Gasteiger partial charge in [-0.3, -0.25) is 0 Å². The van der Waals surface area contributed by atoms with Gasteiger partial charge in [-0.25, -0.2) is 0 Å². The highest BCUT2D eigenvalue weighted by Crippen LogP contribution is 2.69. The molecule has 0 amide bonds. The van der Waals surface area contributed by atoms with Crippen molar-refractivity contribution >= 4 is 27.6 Å². The first-order valence-electron chi connectivity index (χ1n) is 9.92. The van der Waals surface area contributed by atoms with E-state index in [1.807, 2.05) is 6.07 Å². The van der Waals surface area contributed by atoms with Crippen LogP contribution in [0.5, 0.6) is 0 Å². The Labute approximate surface area is 156 Å². The molecule has 0 radical (unpaired) electrons. The lowest BCUT2D eigenvalue weighted by Gasteiger charge is -2.45. The number of aryl methyl sites for hydroxylation is 1. The van der Waals surface area contributed by atoms with E-state index in [0.717, 1.165) is 11.2 Å². The van der Waals surface area contributed by atoms with Crippen LogP contribution in [0.2, 0.25) is 0 Å². The molecular weight excluding hydrogens is 318 g/mol. The van der Waals surface area contributed by atoms with Crippen molar-refractivity contribution in [3.05, 3.63) is 42.0 Å². The van der Waals surface area contributed by atoms with Gasteiger partial charge in [0, 0.05) is 28.0 Å². The zero-order chi connectivity index (χ0) is 18.5. The maximum Gasteiger partial charge on any atom is 0.135 e. The van der Waals surface area contributed by atoms with Crippen LogP contribution in [0.3, 0.4) is 0 Å². The van der Waals surface area contributed by atoms with E-state index in [-0.39, 0.29) is 5.54 Å². The number of hydrogen-bond acceptors (Lipinski definition) is 2. The Morgan fingerprint density at radius 3 is 2.38 bits per heavy atom. The van der Waals surface area contributed by atoms with E-state index in [0.29, 0.717) is 16.9 Å². The summed E-state index contributed by atoms with van der Waals surface area (Å²) in [4.78, 5) is 2.74. The minimum absolute atomic E-state index is 0.194. The van der Waals surface area contributed by atoms with Gasteiger partial charge >= 0.3 is 0 Å².